The number of aromatic nitrogens is 3. The summed E-state index contributed by atoms with van der Waals surface area (Å²) in [6.07, 6.45) is 7.24. The van der Waals surface area contributed by atoms with Crippen LogP contribution in [0.3, 0.4) is 0 Å². The average Bonchev–Trinajstić information content (AvgIpc) is 3.40. The monoisotopic (exact) mass is 415 g/mol. The van der Waals surface area contributed by atoms with Gasteiger partial charge in [0.15, 0.2) is 5.11 Å². The summed E-state index contributed by atoms with van der Waals surface area (Å²) in [6, 6.07) is 19.8. The van der Waals surface area contributed by atoms with Crippen molar-refractivity contribution in [2.24, 2.45) is 0 Å². The molecule has 0 aliphatic carbocycles. The van der Waals surface area contributed by atoms with E-state index in [0.717, 1.165) is 17.1 Å². The van der Waals surface area contributed by atoms with Crippen LogP contribution in [-0.2, 0) is 0 Å². The standard InChI is InChI=1S/C23H18FN5S/c24-17-6-1-2-8-19(17)29-22(21(27-23(29)30)18-7-3-4-12-26-18)20-9-5-15-28(20)16-10-13-25-14-11-16/h1-15,21-22H,(H,27,30)/t21-,22-/m1/s1. The normalized spacial score (nSPS) is 18.4. The third-order valence-corrected chi connectivity index (χ3v) is 5.55. The summed E-state index contributed by atoms with van der Waals surface area (Å²) >= 11 is 5.67. The minimum absolute atomic E-state index is 0.242. The molecule has 1 aliphatic rings. The number of hydrogen-bond acceptors (Lipinski definition) is 3. The van der Waals surface area contributed by atoms with Gasteiger partial charge in [0, 0.05) is 36.2 Å². The molecule has 0 saturated carbocycles. The Kier molecular flexibility index (Phi) is 4.72. The van der Waals surface area contributed by atoms with Gasteiger partial charge in [-0.05, 0) is 60.7 Å². The van der Waals surface area contributed by atoms with Crippen molar-refractivity contribution in [2.45, 2.75) is 12.1 Å². The zero-order chi connectivity index (χ0) is 20.5. The van der Waals surface area contributed by atoms with Crippen LogP contribution in [0.4, 0.5) is 10.1 Å². The second-order valence-corrected chi connectivity index (χ2v) is 7.34. The van der Waals surface area contributed by atoms with Gasteiger partial charge in [-0.2, -0.15) is 0 Å². The van der Waals surface area contributed by atoms with E-state index in [1.807, 2.05) is 59.6 Å². The lowest BCUT2D eigenvalue weighted by Crippen LogP contribution is -2.31. The zero-order valence-electron chi connectivity index (χ0n) is 15.9. The maximum atomic E-state index is 14.8. The summed E-state index contributed by atoms with van der Waals surface area (Å²) < 4.78 is 16.9. The molecule has 7 heteroatoms. The summed E-state index contributed by atoms with van der Waals surface area (Å²) in [4.78, 5) is 10.5. The lowest BCUT2D eigenvalue weighted by atomic mass is 10.0. The van der Waals surface area contributed by atoms with Crippen molar-refractivity contribution in [3.8, 4) is 5.69 Å². The average molecular weight is 415 g/mol. The van der Waals surface area contributed by atoms with Gasteiger partial charge in [0.25, 0.3) is 0 Å². The number of hydrogen-bond donors (Lipinski definition) is 1. The van der Waals surface area contributed by atoms with E-state index in [1.165, 1.54) is 6.07 Å². The van der Waals surface area contributed by atoms with Crippen molar-refractivity contribution in [2.75, 3.05) is 4.90 Å². The van der Waals surface area contributed by atoms with Crippen LogP contribution < -0.4 is 10.2 Å². The lowest BCUT2D eigenvalue weighted by molar-refractivity contribution is 0.542. The van der Waals surface area contributed by atoms with Gasteiger partial charge >= 0.3 is 0 Å². The molecule has 2 atom stereocenters. The molecule has 3 aromatic heterocycles. The number of rotatable bonds is 4. The highest BCUT2D eigenvalue weighted by Gasteiger charge is 2.42. The number of thiocarbonyl (C=S) groups is 1. The second-order valence-electron chi connectivity index (χ2n) is 6.96. The van der Waals surface area contributed by atoms with E-state index in [-0.39, 0.29) is 17.9 Å². The predicted octanol–water partition coefficient (Wildman–Crippen LogP) is 4.58. The van der Waals surface area contributed by atoms with E-state index < -0.39 is 0 Å². The van der Waals surface area contributed by atoms with E-state index in [9.17, 15) is 4.39 Å². The Morgan fingerprint density at radius 2 is 1.70 bits per heavy atom. The summed E-state index contributed by atoms with van der Waals surface area (Å²) in [6.45, 7) is 0. The highest BCUT2D eigenvalue weighted by Crippen LogP contribution is 2.42. The van der Waals surface area contributed by atoms with Crippen molar-refractivity contribution in [3.63, 3.8) is 0 Å². The number of pyridine rings is 2. The summed E-state index contributed by atoms with van der Waals surface area (Å²) in [5.41, 5.74) is 3.20. The van der Waals surface area contributed by atoms with Gasteiger partial charge in [-0.3, -0.25) is 9.97 Å². The number of halogens is 1. The first-order valence-corrected chi connectivity index (χ1v) is 9.98. The summed E-state index contributed by atoms with van der Waals surface area (Å²) in [7, 11) is 0. The van der Waals surface area contributed by atoms with Gasteiger partial charge in [0.1, 0.15) is 11.9 Å². The highest BCUT2D eigenvalue weighted by molar-refractivity contribution is 7.80. The third-order valence-electron chi connectivity index (χ3n) is 5.23. The van der Waals surface area contributed by atoms with E-state index in [4.69, 9.17) is 12.2 Å². The molecule has 4 heterocycles. The molecule has 4 aromatic rings. The van der Waals surface area contributed by atoms with Crippen LogP contribution in [0.5, 0.6) is 0 Å². The van der Waals surface area contributed by atoms with E-state index in [0.29, 0.717) is 10.8 Å². The Morgan fingerprint density at radius 1 is 0.900 bits per heavy atom. The molecule has 1 N–H and O–H groups in total. The smallest absolute Gasteiger partial charge is 0.174 e. The molecule has 0 amide bonds. The van der Waals surface area contributed by atoms with Crippen LogP contribution in [0.2, 0.25) is 0 Å². The fourth-order valence-electron chi connectivity index (χ4n) is 3.94. The Bertz CT molecular complexity index is 1180. The Morgan fingerprint density at radius 3 is 2.47 bits per heavy atom. The Balaban J connectivity index is 1.69. The van der Waals surface area contributed by atoms with Gasteiger partial charge < -0.3 is 14.8 Å². The number of benzene rings is 1. The number of nitrogens with zero attached hydrogens (tertiary/aromatic N) is 4. The molecule has 148 valence electrons. The molecule has 30 heavy (non-hydrogen) atoms. The highest BCUT2D eigenvalue weighted by atomic mass is 32.1. The maximum Gasteiger partial charge on any atom is 0.174 e. The number of nitrogens with one attached hydrogen (secondary N) is 1. The van der Waals surface area contributed by atoms with Crippen LogP contribution in [0, 0.1) is 5.82 Å². The fraction of sp³-hybridized carbons (Fsp3) is 0.0870. The Labute approximate surface area is 178 Å². The first-order valence-electron chi connectivity index (χ1n) is 9.57. The van der Waals surface area contributed by atoms with Crippen molar-refractivity contribution in [3.05, 3.63) is 109 Å². The molecule has 1 aromatic carbocycles. The minimum Gasteiger partial charge on any atom is -0.351 e. The molecule has 1 saturated heterocycles. The topological polar surface area (TPSA) is 46.0 Å². The Hall–Kier alpha value is -3.58. The molecule has 0 bridgehead atoms. The van der Waals surface area contributed by atoms with Gasteiger partial charge in [-0.1, -0.05) is 18.2 Å². The molecular weight excluding hydrogens is 397 g/mol. The molecule has 5 rings (SSSR count). The first-order chi connectivity index (χ1) is 14.7. The van der Waals surface area contributed by atoms with E-state index >= 15 is 0 Å². The van der Waals surface area contributed by atoms with E-state index in [1.54, 1.807) is 30.7 Å². The summed E-state index contributed by atoms with van der Waals surface area (Å²) in [5.74, 6) is -0.324. The van der Waals surface area contributed by atoms with Crippen LogP contribution in [0.1, 0.15) is 23.5 Å². The second kappa shape index (κ2) is 7.68. The van der Waals surface area contributed by atoms with Crippen molar-refractivity contribution < 1.29 is 4.39 Å². The lowest BCUT2D eigenvalue weighted by Gasteiger charge is -2.29. The van der Waals surface area contributed by atoms with Crippen LogP contribution >= 0.6 is 12.2 Å². The van der Waals surface area contributed by atoms with Gasteiger partial charge in [-0.15, -0.1) is 0 Å². The molecule has 0 radical (unpaired) electrons. The molecule has 5 nitrogen and oxygen atoms in total. The SMILES string of the molecule is Fc1ccccc1N1C(=S)N[C@H](c2ccccn2)[C@H]1c1cccn1-c1ccncc1. The quantitative estimate of drug-likeness (QED) is 0.494. The summed E-state index contributed by atoms with van der Waals surface area (Å²) in [5, 5.41) is 3.83. The number of anilines is 1. The molecule has 0 spiro atoms. The zero-order valence-corrected chi connectivity index (χ0v) is 16.7. The molecule has 1 fully saturated rings. The van der Waals surface area contributed by atoms with Crippen LogP contribution in [0.25, 0.3) is 5.69 Å². The molecule has 1 aliphatic heterocycles. The van der Waals surface area contributed by atoms with Crippen molar-refractivity contribution >= 4 is 23.0 Å². The number of para-hydroxylation sites is 1. The van der Waals surface area contributed by atoms with Crippen LogP contribution in [0.15, 0.2) is 91.5 Å². The molecule has 0 unspecified atom stereocenters. The third kappa shape index (κ3) is 3.13. The van der Waals surface area contributed by atoms with Gasteiger partial charge in [0.05, 0.1) is 17.4 Å². The predicted molar refractivity (Wildman–Crippen MR) is 118 cm³/mol. The fourth-order valence-corrected chi connectivity index (χ4v) is 4.28. The largest absolute Gasteiger partial charge is 0.351 e. The van der Waals surface area contributed by atoms with Gasteiger partial charge in [-0.25, -0.2) is 4.39 Å². The first kappa shape index (κ1) is 18.4. The van der Waals surface area contributed by atoms with Crippen LogP contribution in [-0.4, -0.2) is 19.6 Å². The van der Waals surface area contributed by atoms with Gasteiger partial charge in [0.2, 0.25) is 0 Å². The van der Waals surface area contributed by atoms with E-state index in [2.05, 4.69) is 19.9 Å². The molecular formula is C23H18FN5S. The van der Waals surface area contributed by atoms with Crippen molar-refractivity contribution in [1.82, 2.24) is 19.9 Å². The van der Waals surface area contributed by atoms with Crippen molar-refractivity contribution in [1.29, 1.82) is 0 Å². The maximum absolute atomic E-state index is 14.8. The minimum atomic E-state index is -0.324.